The molecule has 2 N–H and O–H groups in total. The van der Waals surface area contributed by atoms with E-state index >= 15 is 0 Å². The summed E-state index contributed by atoms with van der Waals surface area (Å²) in [5.74, 6) is -3.08. The summed E-state index contributed by atoms with van der Waals surface area (Å²) in [6.45, 7) is 0. The molecule has 0 aliphatic carbocycles. The van der Waals surface area contributed by atoms with Gasteiger partial charge >= 0.3 is 11.9 Å². The number of hydrogen-bond donors (Lipinski definition) is 2. The molecule has 0 fully saturated rings. The van der Waals surface area contributed by atoms with Crippen LogP contribution in [-0.4, -0.2) is 35.0 Å². The van der Waals surface area contributed by atoms with Gasteiger partial charge in [-0.25, -0.2) is 4.79 Å². The van der Waals surface area contributed by atoms with Crippen LogP contribution in [0.25, 0.3) is 6.08 Å². The summed E-state index contributed by atoms with van der Waals surface area (Å²) in [5, 5.41) is 26.5. The molecular formula is C16H15NO6. The molecule has 0 aliphatic rings. The molecule has 1 aromatic rings. The lowest BCUT2D eigenvalue weighted by Gasteiger charge is -2.08. The van der Waals surface area contributed by atoms with Crippen LogP contribution in [-0.2, 0) is 20.8 Å². The van der Waals surface area contributed by atoms with Gasteiger partial charge in [-0.2, -0.15) is 5.26 Å². The average molecular weight is 317 g/mol. The molecule has 1 aromatic carbocycles. The Kier molecular flexibility index (Phi) is 6.49. The first-order valence-electron chi connectivity index (χ1n) is 6.63. The number of benzene rings is 1. The van der Waals surface area contributed by atoms with Crippen LogP contribution in [0.5, 0.6) is 5.75 Å². The minimum atomic E-state index is -1.45. The third-order valence-corrected chi connectivity index (χ3v) is 2.97. The van der Waals surface area contributed by atoms with Crippen LogP contribution in [0.2, 0.25) is 0 Å². The van der Waals surface area contributed by atoms with Crippen LogP contribution in [0.3, 0.4) is 0 Å². The van der Waals surface area contributed by atoms with Gasteiger partial charge in [0.15, 0.2) is 5.78 Å². The molecule has 0 aliphatic heterocycles. The SMILES string of the molecule is COc1ccc(CC#N)cc1/C=C(/C(=O)O)C(=O)CCC(=O)O. The standard InChI is InChI=1S/C16H15NO6/c1-23-14-4-2-10(6-7-17)8-11(14)9-12(16(21)22)13(18)3-5-15(19)20/h2,4,8-9H,3,5-6H2,1H3,(H,19,20)(H,21,22)/b12-9+. The molecule has 0 saturated heterocycles. The fourth-order valence-electron chi connectivity index (χ4n) is 1.87. The van der Waals surface area contributed by atoms with Crippen LogP contribution >= 0.6 is 0 Å². The highest BCUT2D eigenvalue weighted by Crippen LogP contribution is 2.23. The maximum Gasteiger partial charge on any atom is 0.339 e. The predicted molar refractivity (Wildman–Crippen MR) is 79.8 cm³/mol. The van der Waals surface area contributed by atoms with Gasteiger partial charge in [0.1, 0.15) is 11.3 Å². The van der Waals surface area contributed by atoms with Crippen LogP contribution in [0, 0.1) is 11.3 Å². The lowest BCUT2D eigenvalue weighted by molar-refractivity contribution is -0.139. The summed E-state index contributed by atoms with van der Waals surface area (Å²) in [6.07, 6.45) is 0.398. The van der Waals surface area contributed by atoms with Crippen molar-refractivity contribution in [3.8, 4) is 11.8 Å². The normalized spacial score (nSPS) is 10.7. The summed E-state index contributed by atoms with van der Waals surface area (Å²) in [5.41, 5.74) is 0.447. The minimum absolute atomic E-state index is 0.125. The zero-order valence-corrected chi connectivity index (χ0v) is 12.4. The monoisotopic (exact) mass is 317 g/mol. The van der Waals surface area contributed by atoms with E-state index in [4.69, 9.17) is 15.1 Å². The Hall–Kier alpha value is -3.14. The Morgan fingerprint density at radius 3 is 2.48 bits per heavy atom. The maximum absolute atomic E-state index is 11.9. The third-order valence-electron chi connectivity index (χ3n) is 2.97. The molecule has 1 rings (SSSR count). The van der Waals surface area contributed by atoms with E-state index < -0.39 is 36.1 Å². The van der Waals surface area contributed by atoms with Crippen molar-refractivity contribution in [1.29, 1.82) is 5.26 Å². The van der Waals surface area contributed by atoms with Crippen molar-refractivity contribution >= 4 is 23.8 Å². The molecular weight excluding hydrogens is 302 g/mol. The number of aliphatic carboxylic acids is 2. The van der Waals surface area contributed by atoms with Crippen molar-refractivity contribution in [3.63, 3.8) is 0 Å². The number of carboxylic acid groups (broad SMARTS) is 2. The Labute approximate surface area is 132 Å². The van der Waals surface area contributed by atoms with E-state index in [0.717, 1.165) is 6.08 Å². The highest BCUT2D eigenvalue weighted by Gasteiger charge is 2.19. The van der Waals surface area contributed by atoms with Gasteiger partial charge in [0.2, 0.25) is 0 Å². The zero-order chi connectivity index (χ0) is 17.4. The topological polar surface area (TPSA) is 125 Å². The first kappa shape index (κ1) is 17.9. The molecule has 0 aromatic heterocycles. The Morgan fingerprint density at radius 1 is 1.26 bits per heavy atom. The van der Waals surface area contributed by atoms with Gasteiger partial charge in [0.05, 0.1) is 26.0 Å². The summed E-state index contributed by atoms with van der Waals surface area (Å²) in [4.78, 5) is 33.7. The molecule has 7 nitrogen and oxygen atoms in total. The summed E-state index contributed by atoms with van der Waals surface area (Å²) < 4.78 is 5.11. The summed E-state index contributed by atoms with van der Waals surface area (Å²) >= 11 is 0. The molecule has 0 atom stereocenters. The smallest absolute Gasteiger partial charge is 0.339 e. The first-order chi connectivity index (χ1) is 10.9. The van der Waals surface area contributed by atoms with Gasteiger partial charge in [-0.1, -0.05) is 6.07 Å². The Balaban J connectivity index is 3.23. The lowest BCUT2D eigenvalue weighted by Crippen LogP contribution is -2.13. The molecule has 0 radical (unpaired) electrons. The highest BCUT2D eigenvalue weighted by atomic mass is 16.5. The maximum atomic E-state index is 11.9. The van der Waals surface area contributed by atoms with Crippen molar-refractivity contribution in [1.82, 2.24) is 0 Å². The van der Waals surface area contributed by atoms with E-state index in [1.807, 2.05) is 6.07 Å². The van der Waals surface area contributed by atoms with Gasteiger partial charge in [0.25, 0.3) is 0 Å². The summed E-state index contributed by atoms with van der Waals surface area (Å²) in [7, 11) is 1.39. The van der Waals surface area contributed by atoms with Gasteiger partial charge in [-0.3, -0.25) is 9.59 Å². The number of rotatable bonds is 8. The molecule has 0 spiro atoms. The van der Waals surface area contributed by atoms with Gasteiger partial charge in [-0.05, 0) is 23.8 Å². The van der Waals surface area contributed by atoms with Crippen molar-refractivity contribution in [2.24, 2.45) is 0 Å². The third kappa shape index (κ3) is 5.28. The quantitative estimate of drug-likeness (QED) is 0.424. The number of carbonyl (C=O) groups is 3. The van der Waals surface area contributed by atoms with Crippen molar-refractivity contribution < 1.29 is 29.3 Å². The number of hydrogen-bond acceptors (Lipinski definition) is 5. The minimum Gasteiger partial charge on any atom is -0.496 e. The largest absolute Gasteiger partial charge is 0.496 e. The number of nitriles is 1. The number of nitrogens with zero attached hydrogens (tertiary/aromatic N) is 1. The van der Waals surface area contributed by atoms with E-state index in [-0.39, 0.29) is 6.42 Å². The van der Waals surface area contributed by atoms with Gasteiger partial charge < -0.3 is 14.9 Å². The Bertz CT molecular complexity index is 699. The molecule has 23 heavy (non-hydrogen) atoms. The second kappa shape index (κ2) is 8.34. The zero-order valence-electron chi connectivity index (χ0n) is 12.4. The van der Waals surface area contributed by atoms with Crippen molar-refractivity contribution in [2.75, 3.05) is 7.11 Å². The number of ether oxygens (including phenoxy) is 1. The number of methoxy groups -OCH3 is 1. The molecule has 120 valence electrons. The van der Waals surface area contributed by atoms with Crippen molar-refractivity contribution in [3.05, 3.63) is 34.9 Å². The van der Waals surface area contributed by atoms with Gasteiger partial charge in [-0.15, -0.1) is 0 Å². The van der Waals surface area contributed by atoms with E-state index in [2.05, 4.69) is 0 Å². The number of Topliss-reactive ketones (excluding diaryl/α,β-unsaturated/α-hetero) is 1. The predicted octanol–water partition coefficient (Wildman–Crippen LogP) is 1.66. The molecule has 0 unspecified atom stereocenters. The second-order valence-corrected chi connectivity index (χ2v) is 4.59. The molecule has 0 saturated carbocycles. The van der Waals surface area contributed by atoms with Crippen LogP contribution in [0.15, 0.2) is 23.8 Å². The average Bonchev–Trinajstić information content (AvgIpc) is 2.50. The fourth-order valence-corrected chi connectivity index (χ4v) is 1.87. The van der Waals surface area contributed by atoms with Crippen LogP contribution < -0.4 is 4.74 Å². The lowest BCUT2D eigenvalue weighted by atomic mass is 10.0. The number of carboxylic acids is 2. The summed E-state index contributed by atoms with van der Waals surface area (Å²) in [6, 6.07) is 6.75. The van der Waals surface area contributed by atoms with Crippen LogP contribution in [0.1, 0.15) is 24.0 Å². The van der Waals surface area contributed by atoms with Crippen LogP contribution in [0.4, 0.5) is 0 Å². The molecule has 0 amide bonds. The Morgan fingerprint density at radius 2 is 1.96 bits per heavy atom. The molecule has 0 bridgehead atoms. The molecule has 7 heteroatoms. The van der Waals surface area contributed by atoms with Crippen molar-refractivity contribution in [2.45, 2.75) is 19.3 Å². The van der Waals surface area contributed by atoms with E-state index in [1.54, 1.807) is 18.2 Å². The number of carbonyl (C=O) groups excluding carboxylic acids is 1. The fraction of sp³-hybridized carbons (Fsp3) is 0.250. The first-order valence-corrected chi connectivity index (χ1v) is 6.63. The highest BCUT2D eigenvalue weighted by molar-refractivity contribution is 6.20. The van der Waals surface area contributed by atoms with E-state index in [1.165, 1.54) is 7.11 Å². The van der Waals surface area contributed by atoms with E-state index in [9.17, 15) is 19.5 Å². The second-order valence-electron chi connectivity index (χ2n) is 4.59. The number of ketones is 1. The van der Waals surface area contributed by atoms with E-state index in [0.29, 0.717) is 16.9 Å². The molecule has 0 heterocycles. The van der Waals surface area contributed by atoms with Gasteiger partial charge in [0, 0.05) is 12.0 Å².